The molecule has 0 saturated carbocycles. The number of carboxylic acids is 1. The minimum Gasteiger partial charge on any atom is -0.477 e. The number of aromatic carboxylic acids is 1. The largest absolute Gasteiger partial charge is 0.477 e. The predicted octanol–water partition coefficient (Wildman–Crippen LogP) is 2.12. The molecular weight excluding hydrogens is 272 g/mol. The molecule has 90 valence electrons. The Balaban J connectivity index is 1.98. The highest BCUT2D eigenvalue weighted by molar-refractivity contribution is 8.17. The third kappa shape index (κ3) is 1.72. The van der Waals surface area contributed by atoms with E-state index in [-0.39, 0.29) is 10.8 Å². The normalized spacial score (nSPS) is 21.6. The van der Waals surface area contributed by atoms with E-state index < -0.39 is 11.9 Å². The Morgan fingerprint density at radius 1 is 1.39 bits per heavy atom. The van der Waals surface area contributed by atoms with Gasteiger partial charge in [-0.25, -0.2) is 14.8 Å². The summed E-state index contributed by atoms with van der Waals surface area (Å²) in [4.78, 5) is 31.4. The van der Waals surface area contributed by atoms with Crippen LogP contribution in [0.15, 0.2) is 27.5 Å². The number of amides is 1. The molecule has 0 saturated heterocycles. The van der Waals surface area contributed by atoms with Crippen LogP contribution in [0.5, 0.6) is 0 Å². The van der Waals surface area contributed by atoms with Crippen LogP contribution >= 0.6 is 23.1 Å². The fourth-order valence-electron chi connectivity index (χ4n) is 1.76. The molecule has 5 nitrogen and oxygen atoms in total. The maximum atomic E-state index is 11.8. The van der Waals surface area contributed by atoms with Crippen molar-refractivity contribution in [2.45, 2.75) is 0 Å². The smallest absolute Gasteiger partial charge is 0.345 e. The Hall–Kier alpha value is -1.73. The zero-order valence-electron chi connectivity index (χ0n) is 8.86. The Bertz CT molecular complexity index is 642. The SMILES string of the molecule is O=C(O)c1ccc(C2=CSC3=NC=NC(=O)[C@@H]23)s1. The number of thiophene rings is 1. The molecule has 3 rings (SSSR count). The summed E-state index contributed by atoms with van der Waals surface area (Å²) < 4.78 is 0. The van der Waals surface area contributed by atoms with Gasteiger partial charge in [-0.15, -0.1) is 11.3 Å². The van der Waals surface area contributed by atoms with Gasteiger partial charge in [0.15, 0.2) is 0 Å². The molecule has 0 aromatic carbocycles. The summed E-state index contributed by atoms with van der Waals surface area (Å²) in [7, 11) is 0. The van der Waals surface area contributed by atoms with Gasteiger partial charge in [0, 0.05) is 4.88 Å². The molecule has 3 heterocycles. The van der Waals surface area contributed by atoms with E-state index in [0.29, 0.717) is 5.04 Å². The van der Waals surface area contributed by atoms with E-state index in [1.807, 2.05) is 5.41 Å². The third-order valence-corrected chi connectivity index (χ3v) is 4.66. The number of carbonyl (C=O) groups excluding carboxylic acids is 1. The van der Waals surface area contributed by atoms with Gasteiger partial charge < -0.3 is 5.11 Å². The van der Waals surface area contributed by atoms with E-state index >= 15 is 0 Å². The van der Waals surface area contributed by atoms with Gasteiger partial charge in [-0.2, -0.15) is 0 Å². The molecule has 2 aliphatic rings. The number of hydrogen-bond donors (Lipinski definition) is 1. The predicted molar refractivity (Wildman–Crippen MR) is 71.3 cm³/mol. The number of nitrogens with zero attached hydrogens (tertiary/aromatic N) is 2. The first-order valence-corrected chi connectivity index (χ1v) is 6.71. The minimum atomic E-state index is -0.959. The zero-order chi connectivity index (χ0) is 12.7. The van der Waals surface area contributed by atoms with Crippen molar-refractivity contribution in [2.75, 3.05) is 0 Å². The maximum Gasteiger partial charge on any atom is 0.345 e. The second kappa shape index (κ2) is 4.18. The van der Waals surface area contributed by atoms with Gasteiger partial charge in [0.25, 0.3) is 5.91 Å². The second-order valence-corrected chi connectivity index (χ2v) is 5.62. The molecule has 1 aromatic rings. The average Bonchev–Trinajstić information content (AvgIpc) is 2.94. The molecule has 0 fully saturated rings. The van der Waals surface area contributed by atoms with Crippen molar-refractivity contribution in [3.63, 3.8) is 0 Å². The molecule has 0 spiro atoms. The zero-order valence-corrected chi connectivity index (χ0v) is 10.5. The van der Waals surface area contributed by atoms with Crippen LogP contribution in [0.2, 0.25) is 0 Å². The lowest BCUT2D eigenvalue weighted by atomic mass is 9.99. The fraction of sp³-hybridized carbons (Fsp3) is 0.0909. The summed E-state index contributed by atoms with van der Waals surface area (Å²) in [6, 6.07) is 3.26. The lowest BCUT2D eigenvalue weighted by Crippen LogP contribution is -2.21. The van der Waals surface area contributed by atoms with E-state index in [2.05, 4.69) is 9.98 Å². The molecule has 1 aromatic heterocycles. The first-order chi connectivity index (χ1) is 8.66. The van der Waals surface area contributed by atoms with Crippen LogP contribution in [-0.4, -0.2) is 28.4 Å². The van der Waals surface area contributed by atoms with Crippen LogP contribution in [0.3, 0.4) is 0 Å². The van der Waals surface area contributed by atoms with Crippen LogP contribution < -0.4 is 0 Å². The van der Waals surface area contributed by atoms with Crippen molar-refractivity contribution in [3.8, 4) is 0 Å². The molecule has 1 atom stereocenters. The summed E-state index contributed by atoms with van der Waals surface area (Å²) in [5.41, 5.74) is 0.790. The van der Waals surface area contributed by atoms with E-state index in [1.54, 1.807) is 12.1 Å². The van der Waals surface area contributed by atoms with E-state index in [0.717, 1.165) is 21.8 Å². The number of carboxylic acid groups (broad SMARTS) is 1. The van der Waals surface area contributed by atoms with Gasteiger partial charge >= 0.3 is 5.97 Å². The van der Waals surface area contributed by atoms with Crippen LogP contribution in [0.4, 0.5) is 0 Å². The van der Waals surface area contributed by atoms with Gasteiger partial charge in [0.1, 0.15) is 17.1 Å². The fourth-order valence-corrected chi connectivity index (χ4v) is 3.71. The van der Waals surface area contributed by atoms with E-state index in [4.69, 9.17) is 5.11 Å². The molecule has 7 heteroatoms. The Labute approximate surface area is 110 Å². The lowest BCUT2D eigenvalue weighted by Gasteiger charge is -2.12. The molecule has 0 aliphatic carbocycles. The van der Waals surface area contributed by atoms with Crippen LogP contribution in [0, 0.1) is 5.92 Å². The van der Waals surface area contributed by atoms with Crippen LogP contribution in [-0.2, 0) is 4.79 Å². The van der Waals surface area contributed by atoms with E-state index in [9.17, 15) is 9.59 Å². The van der Waals surface area contributed by atoms with Crippen molar-refractivity contribution < 1.29 is 14.7 Å². The average molecular weight is 278 g/mol. The third-order valence-electron chi connectivity index (χ3n) is 2.58. The summed E-state index contributed by atoms with van der Waals surface area (Å²) >= 11 is 2.54. The van der Waals surface area contributed by atoms with Crippen molar-refractivity contribution in [1.82, 2.24) is 0 Å². The monoisotopic (exact) mass is 278 g/mol. The van der Waals surface area contributed by atoms with Gasteiger partial charge in [-0.1, -0.05) is 11.8 Å². The Morgan fingerprint density at radius 2 is 2.22 bits per heavy atom. The standard InChI is InChI=1S/C11H6N2O3S2/c14-9-8-5(3-17-10(8)13-4-12-9)6-1-2-7(18-6)11(15)16/h1-4,8H,(H,15,16)/t8-/m1/s1. The summed E-state index contributed by atoms with van der Waals surface area (Å²) in [5, 5.41) is 11.4. The highest BCUT2D eigenvalue weighted by Crippen LogP contribution is 2.41. The minimum absolute atomic E-state index is 0.249. The molecule has 1 amide bonds. The maximum absolute atomic E-state index is 11.8. The molecule has 0 radical (unpaired) electrons. The highest BCUT2D eigenvalue weighted by Gasteiger charge is 2.36. The molecule has 0 bridgehead atoms. The summed E-state index contributed by atoms with van der Waals surface area (Å²) in [6.07, 6.45) is 1.26. The lowest BCUT2D eigenvalue weighted by molar-refractivity contribution is -0.118. The molecular formula is C11H6N2O3S2. The van der Waals surface area contributed by atoms with Crippen molar-refractivity contribution in [3.05, 3.63) is 27.3 Å². The molecule has 2 aliphatic heterocycles. The number of rotatable bonds is 2. The number of carbonyl (C=O) groups is 2. The number of hydrogen-bond acceptors (Lipinski definition) is 5. The van der Waals surface area contributed by atoms with Gasteiger partial charge in [-0.3, -0.25) is 4.79 Å². The van der Waals surface area contributed by atoms with Crippen LogP contribution in [0.1, 0.15) is 14.5 Å². The van der Waals surface area contributed by atoms with Crippen molar-refractivity contribution >= 4 is 51.9 Å². The number of fused-ring (bicyclic) bond motifs is 1. The first-order valence-electron chi connectivity index (χ1n) is 5.01. The van der Waals surface area contributed by atoms with Gasteiger partial charge in [-0.05, 0) is 23.1 Å². The summed E-state index contributed by atoms with van der Waals surface area (Å²) in [5.74, 6) is -1.67. The molecule has 1 N–H and O–H groups in total. The van der Waals surface area contributed by atoms with Gasteiger partial charge in [0.2, 0.25) is 0 Å². The first kappa shape index (κ1) is 11.4. The van der Waals surface area contributed by atoms with Crippen LogP contribution in [0.25, 0.3) is 5.57 Å². The number of aliphatic imine (C=N–C) groups is 2. The Kier molecular flexibility index (Phi) is 2.64. The Morgan fingerprint density at radius 3 is 2.94 bits per heavy atom. The van der Waals surface area contributed by atoms with Gasteiger partial charge in [0.05, 0.1) is 5.04 Å². The summed E-state index contributed by atoms with van der Waals surface area (Å²) in [6.45, 7) is 0. The topological polar surface area (TPSA) is 79.1 Å². The number of thioether (sulfide) groups is 1. The van der Waals surface area contributed by atoms with Crippen molar-refractivity contribution in [2.24, 2.45) is 15.9 Å². The molecule has 18 heavy (non-hydrogen) atoms. The second-order valence-electron chi connectivity index (χ2n) is 3.64. The highest BCUT2D eigenvalue weighted by atomic mass is 32.2. The molecule has 0 unspecified atom stereocenters. The van der Waals surface area contributed by atoms with E-state index in [1.165, 1.54) is 18.1 Å². The quantitative estimate of drug-likeness (QED) is 0.898. The van der Waals surface area contributed by atoms with Crippen molar-refractivity contribution in [1.29, 1.82) is 0 Å².